The van der Waals surface area contributed by atoms with Gasteiger partial charge in [0.1, 0.15) is 30.2 Å². The van der Waals surface area contributed by atoms with Gasteiger partial charge in [-0.25, -0.2) is 19.3 Å². The lowest BCUT2D eigenvalue weighted by Crippen LogP contribution is -2.41. The molecular formula is C25H30F3N4O2P. The van der Waals surface area contributed by atoms with E-state index in [0.717, 1.165) is 32.8 Å². The predicted molar refractivity (Wildman–Crippen MR) is 132 cm³/mol. The number of anilines is 1. The van der Waals surface area contributed by atoms with Crippen LogP contribution in [-0.4, -0.2) is 38.0 Å². The number of halogens is 3. The van der Waals surface area contributed by atoms with E-state index >= 15 is 4.39 Å². The molecule has 3 heterocycles. The fraction of sp³-hybridized carbons (Fsp3) is 0.480. The van der Waals surface area contributed by atoms with Crippen LogP contribution >= 0.6 is 7.14 Å². The average molecular weight is 507 g/mol. The summed E-state index contributed by atoms with van der Waals surface area (Å²) in [6, 6.07) is 4.79. The number of hydrogen-bond acceptors (Lipinski definition) is 6. The first-order valence-electron chi connectivity index (χ1n) is 11.6. The molecule has 1 atom stereocenters. The molecule has 1 aromatic carbocycles. The highest BCUT2D eigenvalue weighted by atomic mass is 31.2. The molecule has 2 aromatic heterocycles. The van der Waals surface area contributed by atoms with Crippen LogP contribution in [-0.2, 0) is 10.5 Å². The molecule has 0 radical (unpaired) electrons. The Hall–Kier alpha value is -2.51. The summed E-state index contributed by atoms with van der Waals surface area (Å²) in [4.78, 5) is 13.5. The SMILES string of the molecule is Cc1nc(N[C@H](C)c2cccc(C(F)(F)C(C)(C)O)c2F)c2cc(P3(=O)CCCC3)c(C)nc2n1. The molecule has 0 aliphatic carbocycles. The molecule has 0 spiro atoms. The summed E-state index contributed by atoms with van der Waals surface area (Å²) in [6.45, 7) is 7.04. The molecule has 1 fully saturated rings. The second-order valence-electron chi connectivity index (χ2n) is 9.84. The third kappa shape index (κ3) is 4.56. The number of benzene rings is 1. The van der Waals surface area contributed by atoms with E-state index in [9.17, 15) is 18.5 Å². The van der Waals surface area contributed by atoms with Crippen LogP contribution in [0.25, 0.3) is 11.0 Å². The standard InChI is InChI=1S/C25H30F3N4O2P/c1-14(17-9-8-10-19(21(17)26)25(27,28)24(4,5)33)29-22-18-13-20(35(34)11-6-7-12-35)15(2)30-23(18)32-16(3)31-22/h8-10,13-14,33H,6-7,11-12H2,1-5H3,(H,29,30,31,32)/t14-/m1/s1. The highest BCUT2D eigenvalue weighted by Crippen LogP contribution is 2.52. The van der Waals surface area contributed by atoms with E-state index in [4.69, 9.17) is 0 Å². The van der Waals surface area contributed by atoms with E-state index < -0.39 is 36.1 Å². The van der Waals surface area contributed by atoms with Crippen LogP contribution < -0.4 is 10.6 Å². The van der Waals surface area contributed by atoms with Gasteiger partial charge in [0.15, 0.2) is 5.65 Å². The third-order valence-electron chi connectivity index (χ3n) is 6.65. The van der Waals surface area contributed by atoms with Crippen molar-refractivity contribution in [3.05, 3.63) is 52.7 Å². The molecule has 35 heavy (non-hydrogen) atoms. The van der Waals surface area contributed by atoms with Crippen LogP contribution in [0.3, 0.4) is 0 Å². The minimum Gasteiger partial charge on any atom is -0.384 e. The summed E-state index contributed by atoms with van der Waals surface area (Å²) in [5.41, 5.74) is -2.23. The lowest BCUT2D eigenvalue weighted by Gasteiger charge is -2.30. The van der Waals surface area contributed by atoms with Crippen LogP contribution in [0.1, 0.15) is 62.3 Å². The molecule has 6 nitrogen and oxygen atoms in total. The summed E-state index contributed by atoms with van der Waals surface area (Å²) < 4.78 is 58.3. The highest BCUT2D eigenvalue weighted by molar-refractivity contribution is 7.72. The van der Waals surface area contributed by atoms with Crippen molar-refractivity contribution >= 4 is 29.3 Å². The van der Waals surface area contributed by atoms with Gasteiger partial charge in [0, 0.05) is 23.2 Å². The topological polar surface area (TPSA) is 88.0 Å². The summed E-state index contributed by atoms with van der Waals surface area (Å²) >= 11 is 0. The molecule has 2 N–H and O–H groups in total. The van der Waals surface area contributed by atoms with Crippen molar-refractivity contribution in [2.75, 3.05) is 17.6 Å². The van der Waals surface area contributed by atoms with Gasteiger partial charge in [0.2, 0.25) is 0 Å². The van der Waals surface area contributed by atoms with E-state index in [1.807, 2.05) is 13.0 Å². The molecule has 0 unspecified atom stereocenters. The minimum atomic E-state index is -3.80. The monoisotopic (exact) mass is 506 g/mol. The first kappa shape index (κ1) is 25.6. The zero-order chi connectivity index (χ0) is 25.8. The molecule has 1 saturated heterocycles. The second-order valence-corrected chi connectivity index (χ2v) is 13.0. The van der Waals surface area contributed by atoms with Crippen LogP contribution in [0, 0.1) is 19.7 Å². The summed E-state index contributed by atoms with van der Waals surface area (Å²) in [5.74, 6) is -4.10. The first-order chi connectivity index (χ1) is 16.2. The number of hydrogen-bond donors (Lipinski definition) is 2. The van der Waals surface area contributed by atoms with Crippen molar-refractivity contribution in [2.45, 2.75) is 65.0 Å². The third-order valence-corrected chi connectivity index (χ3v) is 10.1. The van der Waals surface area contributed by atoms with Gasteiger partial charge in [-0.2, -0.15) is 8.78 Å². The van der Waals surface area contributed by atoms with Gasteiger partial charge in [-0.05, 0) is 59.6 Å². The van der Waals surface area contributed by atoms with E-state index in [1.165, 1.54) is 12.1 Å². The largest absolute Gasteiger partial charge is 0.384 e. The normalized spacial score (nSPS) is 17.1. The Bertz CT molecular complexity index is 1330. The minimum absolute atomic E-state index is 0.000257. The molecule has 4 rings (SSSR count). The average Bonchev–Trinajstić information content (AvgIpc) is 3.19. The van der Waals surface area contributed by atoms with Gasteiger partial charge in [-0.3, -0.25) is 0 Å². The Kier molecular flexibility index (Phi) is 6.47. The van der Waals surface area contributed by atoms with E-state index in [1.54, 1.807) is 13.8 Å². The Labute approximate surface area is 202 Å². The molecule has 10 heteroatoms. The Morgan fingerprint density at radius 3 is 2.40 bits per heavy atom. The van der Waals surface area contributed by atoms with Gasteiger partial charge in [-0.15, -0.1) is 0 Å². The molecule has 1 aliphatic heterocycles. The Morgan fingerprint density at radius 2 is 1.77 bits per heavy atom. The molecule has 3 aromatic rings. The number of nitrogens with one attached hydrogen (secondary N) is 1. The van der Waals surface area contributed by atoms with Gasteiger partial charge in [0.25, 0.3) is 0 Å². The Morgan fingerprint density at radius 1 is 1.11 bits per heavy atom. The summed E-state index contributed by atoms with van der Waals surface area (Å²) in [5, 5.41) is 14.3. The van der Waals surface area contributed by atoms with Crippen LogP contribution in [0.4, 0.5) is 19.0 Å². The van der Waals surface area contributed by atoms with Crippen LogP contribution in [0.15, 0.2) is 24.3 Å². The lowest BCUT2D eigenvalue weighted by molar-refractivity contribution is -0.170. The number of aliphatic hydroxyl groups is 1. The van der Waals surface area contributed by atoms with Crippen molar-refractivity contribution in [1.82, 2.24) is 15.0 Å². The maximum Gasteiger partial charge on any atom is 0.303 e. The quantitative estimate of drug-likeness (QED) is 0.424. The highest BCUT2D eigenvalue weighted by Gasteiger charge is 2.49. The zero-order valence-electron chi connectivity index (χ0n) is 20.5. The number of rotatable bonds is 6. The van der Waals surface area contributed by atoms with Crippen molar-refractivity contribution in [3.63, 3.8) is 0 Å². The number of nitrogens with zero attached hydrogens (tertiary/aromatic N) is 3. The fourth-order valence-electron chi connectivity index (χ4n) is 4.59. The van der Waals surface area contributed by atoms with Crippen molar-refractivity contribution < 1.29 is 22.8 Å². The van der Waals surface area contributed by atoms with Crippen molar-refractivity contribution in [3.8, 4) is 0 Å². The van der Waals surface area contributed by atoms with Gasteiger partial charge in [0.05, 0.1) is 22.7 Å². The predicted octanol–water partition coefficient (Wildman–Crippen LogP) is 5.60. The molecule has 0 saturated carbocycles. The maximum atomic E-state index is 15.3. The van der Waals surface area contributed by atoms with E-state index in [2.05, 4.69) is 20.3 Å². The van der Waals surface area contributed by atoms with Gasteiger partial charge < -0.3 is 15.0 Å². The number of fused-ring (bicyclic) bond motifs is 1. The molecular weight excluding hydrogens is 476 g/mol. The summed E-state index contributed by atoms with van der Waals surface area (Å²) in [6.07, 6.45) is 3.10. The summed E-state index contributed by atoms with van der Waals surface area (Å²) in [7, 11) is -2.55. The van der Waals surface area contributed by atoms with Crippen molar-refractivity contribution in [1.29, 1.82) is 0 Å². The molecule has 0 bridgehead atoms. The van der Waals surface area contributed by atoms with Crippen LogP contribution in [0.2, 0.25) is 0 Å². The number of aromatic nitrogens is 3. The number of alkyl halides is 2. The first-order valence-corrected chi connectivity index (χ1v) is 13.7. The van der Waals surface area contributed by atoms with E-state index in [0.29, 0.717) is 46.0 Å². The molecule has 188 valence electrons. The van der Waals surface area contributed by atoms with Gasteiger partial charge >= 0.3 is 5.92 Å². The Balaban J connectivity index is 1.77. The smallest absolute Gasteiger partial charge is 0.303 e. The number of pyridine rings is 1. The van der Waals surface area contributed by atoms with Gasteiger partial charge in [-0.1, -0.05) is 12.1 Å². The molecule has 0 amide bonds. The van der Waals surface area contributed by atoms with E-state index in [-0.39, 0.29) is 5.56 Å². The van der Waals surface area contributed by atoms with Crippen LogP contribution in [0.5, 0.6) is 0 Å². The maximum absolute atomic E-state index is 15.3. The zero-order valence-corrected chi connectivity index (χ0v) is 21.4. The molecule has 1 aliphatic rings. The van der Waals surface area contributed by atoms with Crippen molar-refractivity contribution in [2.24, 2.45) is 0 Å². The lowest BCUT2D eigenvalue weighted by atomic mass is 9.91. The fourth-order valence-corrected chi connectivity index (χ4v) is 7.77. The number of aryl methyl sites for hydroxylation is 2. The second kappa shape index (κ2) is 8.86.